The number of esters is 1. The molecule has 5 heteroatoms. The zero-order valence-electron chi connectivity index (χ0n) is 21.0. The highest BCUT2D eigenvalue weighted by atomic mass is 28.4. The number of aryl methyl sites for hydroxylation is 1. The molecule has 0 saturated heterocycles. The van der Waals surface area contributed by atoms with Crippen molar-refractivity contribution in [3.05, 3.63) is 40.4 Å². The molecule has 1 aromatic rings. The number of aromatic nitrogens is 1. The summed E-state index contributed by atoms with van der Waals surface area (Å²) in [5.41, 5.74) is 4.11. The van der Waals surface area contributed by atoms with Gasteiger partial charge in [-0.05, 0) is 79.3 Å². The molecule has 1 heterocycles. The van der Waals surface area contributed by atoms with Gasteiger partial charge in [0.2, 0.25) is 8.32 Å². The Bertz CT molecular complexity index is 877. The van der Waals surface area contributed by atoms with Crippen LogP contribution in [-0.2, 0) is 22.0 Å². The molecule has 1 unspecified atom stereocenters. The first kappa shape index (κ1) is 24.0. The van der Waals surface area contributed by atoms with Crippen molar-refractivity contribution in [2.24, 2.45) is 5.41 Å². The van der Waals surface area contributed by atoms with Crippen molar-refractivity contribution in [1.82, 2.24) is 4.98 Å². The molecule has 0 spiro atoms. The number of ether oxygens (including phenoxy) is 1. The van der Waals surface area contributed by atoms with Crippen molar-refractivity contribution in [3.8, 4) is 0 Å². The van der Waals surface area contributed by atoms with E-state index < -0.39 is 8.32 Å². The van der Waals surface area contributed by atoms with Gasteiger partial charge in [-0.2, -0.15) is 0 Å². The third-order valence-corrected chi connectivity index (χ3v) is 11.6. The first-order chi connectivity index (χ1) is 14.2. The monoisotopic (exact) mass is 443 g/mol. The molecule has 2 aliphatic rings. The fraction of sp³-hybridized carbons (Fsp3) is 0.692. The van der Waals surface area contributed by atoms with E-state index in [2.05, 4.69) is 73.7 Å². The fourth-order valence-electron chi connectivity index (χ4n) is 4.11. The molecular formula is C26H41NO3Si. The van der Waals surface area contributed by atoms with Crippen LogP contribution in [-0.4, -0.2) is 25.4 Å². The van der Waals surface area contributed by atoms with Crippen LogP contribution in [0.1, 0.15) is 101 Å². The average Bonchev–Trinajstić information content (AvgIpc) is 3.04. The van der Waals surface area contributed by atoms with Crippen LogP contribution in [0.15, 0.2) is 17.9 Å². The van der Waals surface area contributed by atoms with Gasteiger partial charge < -0.3 is 9.16 Å². The molecule has 4 nitrogen and oxygen atoms in total. The van der Waals surface area contributed by atoms with Crippen molar-refractivity contribution in [2.45, 2.75) is 111 Å². The number of hydrogen-bond donors (Lipinski definition) is 0. The molecule has 0 saturated carbocycles. The lowest BCUT2D eigenvalue weighted by Crippen LogP contribution is -2.41. The van der Waals surface area contributed by atoms with Crippen molar-refractivity contribution in [1.29, 1.82) is 0 Å². The maximum atomic E-state index is 13.3. The van der Waals surface area contributed by atoms with Crippen LogP contribution in [0.25, 0.3) is 0 Å². The van der Waals surface area contributed by atoms with E-state index in [1.54, 1.807) is 0 Å². The predicted octanol–water partition coefficient (Wildman–Crippen LogP) is 6.94. The summed E-state index contributed by atoms with van der Waals surface area (Å²) in [5, 5.41) is 0.103. The summed E-state index contributed by atoms with van der Waals surface area (Å²) in [4.78, 5) is 18.3. The van der Waals surface area contributed by atoms with Crippen molar-refractivity contribution >= 4 is 14.3 Å². The number of allylic oxidation sites excluding steroid dienone is 1. The molecule has 0 radical (unpaired) electrons. The molecule has 0 fully saturated rings. The molecule has 0 N–H and O–H groups in total. The lowest BCUT2D eigenvalue weighted by atomic mass is 9.76. The minimum Gasteiger partial charge on any atom is -0.544 e. The largest absolute Gasteiger partial charge is 0.544 e. The van der Waals surface area contributed by atoms with E-state index in [0.29, 0.717) is 5.56 Å². The Balaban J connectivity index is 1.82. The minimum atomic E-state index is -1.98. The Labute approximate surface area is 190 Å². The maximum Gasteiger partial charge on any atom is 0.340 e. The molecular weight excluding hydrogens is 402 g/mol. The van der Waals surface area contributed by atoms with Gasteiger partial charge in [0.15, 0.2) is 6.10 Å². The van der Waals surface area contributed by atoms with Crippen LogP contribution in [0.2, 0.25) is 18.1 Å². The number of pyridine rings is 1. The lowest BCUT2D eigenvalue weighted by molar-refractivity contribution is 0.0304. The lowest BCUT2D eigenvalue weighted by Gasteiger charge is -2.38. The van der Waals surface area contributed by atoms with E-state index in [0.717, 1.165) is 49.3 Å². The van der Waals surface area contributed by atoms with Gasteiger partial charge in [0, 0.05) is 5.69 Å². The van der Waals surface area contributed by atoms with Crippen LogP contribution in [0.4, 0.5) is 0 Å². The van der Waals surface area contributed by atoms with Gasteiger partial charge in [-0.15, -0.1) is 0 Å². The van der Waals surface area contributed by atoms with Gasteiger partial charge in [0.1, 0.15) is 5.76 Å². The van der Waals surface area contributed by atoms with Gasteiger partial charge in [-0.25, -0.2) is 4.79 Å². The first-order valence-electron chi connectivity index (χ1n) is 11.8. The van der Waals surface area contributed by atoms with Crippen molar-refractivity contribution < 1.29 is 14.0 Å². The predicted molar refractivity (Wildman–Crippen MR) is 129 cm³/mol. The highest BCUT2D eigenvalue weighted by molar-refractivity contribution is 6.74. The smallest absolute Gasteiger partial charge is 0.340 e. The van der Waals surface area contributed by atoms with Gasteiger partial charge >= 0.3 is 5.97 Å². The van der Waals surface area contributed by atoms with Gasteiger partial charge in [0.05, 0.1) is 11.3 Å². The van der Waals surface area contributed by atoms with Crippen LogP contribution in [0, 0.1) is 5.41 Å². The summed E-state index contributed by atoms with van der Waals surface area (Å²) < 4.78 is 12.6. The molecule has 1 aromatic heterocycles. The molecule has 0 bridgehead atoms. The first-order valence-corrected chi connectivity index (χ1v) is 14.7. The normalized spacial score (nSPS) is 21.0. The third kappa shape index (κ3) is 5.24. The van der Waals surface area contributed by atoms with Crippen LogP contribution < -0.4 is 0 Å². The molecule has 0 amide bonds. The third-order valence-electron chi connectivity index (χ3n) is 7.22. The summed E-state index contributed by atoms with van der Waals surface area (Å²) in [6.45, 7) is 19.9. The SMILES string of the molecule is CC(C)c1nc2c(cc1C(=O)OC1CCC=C1O[Si](C)(C)C(C)(C)C)CCC(C)(C)C2. The van der Waals surface area contributed by atoms with Crippen molar-refractivity contribution in [3.63, 3.8) is 0 Å². The number of fused-ring (bicyclic) bond motifs is 1. The van der Waals surface area contributed by atoms with E-state index in [1.807, 2.05) is 0 Å². The molecule has 3 rings (SSSR count). The molecule has 0 aliphatic heterocycles. The Hall–Kier alpha value is -1.62. The average molecular weight is 444 g/mol. The van der Waals surface area contributed by atoms with E-state index in [9.17, 15) is 4.79 Å². The summed E-state index contributed by atoms with van der Waals surface area (Å²) >= 11 is 0. The molecule has 1 atom stereocenters. The minimum absolute atomic E-state index is 0.103. The van der Waals surface area contributed by atoms with Crippen LogP contribution >= 0.6 is 0 Å². The summed E-state index contributed by atoms with van der Waals surface area (Å²) in [5.74, 6) is 0.749. The number of nitrogens with zero attached hydrogens (tertiary/aromatic N) is 1. The standard InChI is InChI=1S/C26H41NO3Si/c1-17(2)23-19(15-18-13-14-26(6,7)16-20(18)27-23)24(28)29-21-11-10-12-22(21)30-31(8,9)25(3,4)5/h12,15,17,21H,10-11,13-14,16H2,1-9H3. The van der Waals surface area contributed by atoms with E-state index in [4.69, 9.17) is 14.1 Å². The molecule has 2 aliphatic carbocycles. The Morgan fingerprint density at radius 2 is 1.94 bits per heavy atom. The summed E-state index contributed by atoms with van der Waals surface area (Å²) in [7, 11) is -1.98. The van der Waals surface area contributed by atoms with Crippen LogP contribution in [0.5, 0.6) is 0 Å². The fourth-order valence-corrected chi connectivity index (χ4v) is 5.22. The number of hydrogen-bond acceptors (Lipinski definition) is 4. The Kier molecular flexibility index (Phi) is 6.50. The molecule has 31 heavy (non-hydrogen) atoms. The second-order valence-electron chi connectivity index (χ2n) is 12.0. The Morgan fingerprint density at radius 3 is 2.55 bits per heavy atom. The Morgan fingerprint density at radius 1 is 1.26 bits per heavy atom. The van der Waals surface area contributed by atoms with Crippen LogP contribution in [0.3, 0.4) is 0 Å². The molecule has 0 aromatic carbocycles. The van der Waals surface area contributed by atoms with Gasteiger partial charge in [-0.1, -0.05) is 48.5 Å². The topological polar surface area (TPSA) is 48.4 Å². The summed E-state index contributed by atoms with van der Waals surface area (Å²) in [6.07, 6.45) is 6.54. The second kappa shape index (κ2) is 8.38. The highest BCUT2D eigenvalue weighted by Crippen LogP contribution is 2.40. The number of carbonyl (C=O) groups excluding carboxylic acids is 1. The maximum absolute atomic E-state index is 13.3. The van der Waals surface area contributed by atoms with Gasteiger partial charge in [-0.3, -0.25) is 4.98 Å². The zero-order valence-corrected chi connectivity index (χ0v) is 22.0. The van der Waals surface area contributed by atoms with Crippen molar-refractivity contribution in [2.75, 3.05) is 0 Å². The molecule has 172 valence electrons. The van der Waals surface area contributed by atoms with E-state index in [-0.39, 0.29) is 28.4 Å². The summed E-state index contributed by atoms with van der Waals surface area (Å²) in [6, 6.07) is 2.06. The quantitative estimate of drug-likeness (QED) is 0.365. The number of carbonyl (C=O) groups is 1. The zero-order chi connectivity index (χ0) is 23.2. The second-order valence-corrected chi connectivity index (χ2v) is 16.7. The van der Waals surface area contributed by atoms with Gasteiger partial charge in [0.25, 0.3) is 0 Å². The number of rotatable bonds is 5. The highest BCUT2D eigenvalue weighted by Gasteiger charge is 2.41. The van der Waals surface area contributed by atoms with E-state index >= 15 is 0 Å². The van der Waals surface area contributed by atoms with E-state index in [1.165, 1.54) is 5.56 Å².